The van der Waals surface area contributed by atoms with E-state index in [1.165, 1.54) is 6.07 Å². The van der Waals surface area contributed by atoms with Gasteiger partial charge in [-0.05, 0) is 38.0 Å². The monoisotopic (exact) mass is 257 g/mol. The Morgan fingerprint density at radius 1 is 1.22 bits per heavy atom. The smallest absolute Gasteiger partial charge is 0.372 e. The van der Waals surface area contributed by atoms with Crippen LogP contribution in [0.5, 0.6) is 0 Å². The number of carbonyl (C=O) groups excluding carboxylic acids is 1. The maximum absolute atomic E-state index is 12.9. The molecule has 1 aliphatic heterocycles. The van der Waals surface area contributed by atoms with Crippen LogP contribution >= 0.6 is 0 Å². The largest absolute Gasteiger partial charge is 0.417 e. The average molecular weight is 257 g/mol. The summed E-state index contributed by atoms with van der Waals surface area (Å²) in [6, 6.07) is 3.96. The molecule has 0 aliphatic carbocycles. The van der Waals surface area contributed by atoms with Crippen molar-refractivity contribution in [1.29, 1.82) is 0 Å². The van der Waals surface area contributed by atoms with Gasteiger partial charge in [-0.25, -0.2) is 0 Å². The van der Waals surface area contributed by atoms with Crippen molar-refractivity contribution in [1.82, 2.24) is 0 Å². The Labute approximate surface area is 103 Å². The SMILES string of the molecule is CC(=O)c1ccc(N2CCCC2)cc1C(F)(F)F. The Kier molecular flexibility index (Phi) is 3.32. The van der Waals surface area contributed by atoms with Crippen LogP contribution in [0.2, 0.25) is 0 Å². The first-order chi connectivity index (χ1) is 8.39. The highest BCUT2D eigenvalue weighted by atomic mass is 19.4. The lowest BCUT2D eigenvalue weighted by molar-refractivity contribution is -0.137. The summed E-state index contributed by atoms with van der Waals surface area (Å²) in [4.78, 5) is 13.1. The lowest BCUT2D eigenvalue weighted by Gasteiger charge is -2.20. The fourth-order valence-electron chi connectivity index (χ4n) is 2.25. The van der Waals surface area contributed by atoms with E-state index in [2.05, 4.69) is 0 Å². The molecule has 5 heteroatoms. The lowest BCUT2D eigenvalue weighted by Crippen LogP contribution is -2.19. The predicted octanol–water partition coefficient (Wildman–Crippen LogP) is 3.51. The lowest BCUT2D eigenvalue weighted by atomic mass is 10.0. The molecule has 0 atom stereocenters. The quantitative estimate of drug-likeness (QED) is 0.756. The first-order valence-corrected chi connectivity index (χ1v) is 5.87. The van der Waals surface area contributed by atoms with Gasteiger partial charge in [-0.2, -0.15) is 13.2 Å². The highest BCUT2D eigenvalue weighted by molar-refractivity contribution is 5.96. The van der Waals surface area contributed by atoms with E-state index < -0.39 is 17.5 Å². The molecule has 0 radical (unpaired) electrons. The minimum absolute atomic E-state index is 0.259. The highest BCUT2D eigenvalue weighted by Crippen LogP contribution is 2.35. The maximum atomic E-state index is 12.9. The molecule has 0 aromatic heterocycles. The molecule has 0 spiro atoms. The van der Waals surface area contributed by atoms with Crippen molar-refractivity contribution in [2.24, 2.45) is 0 Å². The fourth-order valence-corrected chi connectivity index (χ4v) is 2.25. The average Bonchev–Trinajstić information content (AvgIpc) is 2.80. The van der Waals surface area contributed by atoms with Gasteiger partial charge in [-0.3, -0.25) is 4.79 Å². The standard InChI is InChI=1S/C13H14F3NO/c1-9(18)11-5-4-10(17-6-2-3-7-17)8-12(11)13(14,15)16/h4-5,8H,2-3,6-7H2,1H3. The van der Waals surface area contributed by atoms with Gasteiger partial charge in [0.05, 0.1) is 5.56 Å². The molecule has 1 aliphatic rings. The van der Waals surface area contributed by atoms with Crippen molar-refractivity contribution in [3.8, 4) is 0 Å². The fraction of sp³-hybridized carbons (Fsp3) is 0.462. The van der Waals surface area contributed by atoms with Crippen LogP contribution in [0.3, 0.4) is 0 Å². The van der Waals surface area contributed by atoms with Crippen molar-refractivity contribution >= 4 is 11.5 Å². The molecule has 2 nitrogen and oxygen atoms in total. The van der Waals surface area contributed by atoms with Gasteiger partial charge in [0.1, 0.15) is 0 Å². The zero-order chi connectivity index (χ0) is 13.3. The number of ketones is 1. The third-order valence-corrected chi connectivity index (χ3v) is 3.16. The molecule has 0 bridgehead atoms. The van der Waals surface area contributed by atoms with E-state index in [9.17, 15) is 18.0 Å². The van der Waals surface area contributed by atoms with Crippen LogP contribution in [0.4, 0.5) is 18.9 Å². The van der Waals surface area contributed by atoms with E-state index >= 15 is 0 Å². The molecule has 1 heterocycles. The van der Waals surface area contributed by atoms with Crippen LogP contribution in [-0.2, 0) is 6.18 Å². The van der Waals surface area contributed by atoms with Gasteiger partial charge < -0.3 is 4.90 Å². The van der Waals surface area contributed by atoms with E-state index in [4.69, 9.17) is 0 Å². The Balaban J connectivity index is 2.45. The van der Waals surface area contributed by atoms with Crippen molar-refractivity contribution in [2.45, 2.75) is 25.9 Å². The number of benzene rings is 1. The molecule has 0 N–H and O–H groups in total. The molecule has 0 unspecified atom stereocenters. The van der Waals surface area contributed by atoms with Crippen LogP contribution < -0.4 is 4.90 Å². The number of carbonyl (C=O) groups is 1. The Bertz CT molecular complexity index is 462. The summed E-state index contributed by atoms with van der Waals surface area (Å²) in [5.74, 6) is -0.560. The van der Waals surface area contributed by atoms with Crippen molar-refractivity contribution in [3.05, 3.63) is 29.3 Å². The first kappa shape index (κ1) is 12.9. The van der Waals surface area contributed by atoms with E-state index in [1.807, 2.05) is 4.90 Å². The number of halogens is 3. The number of hydrogen-bond acceptors (Lipinski definition) is 2. The van der Waals surface area contributed by atoms with Crippen LogP contribution in [0.1, 0.15) is 35.7 Å². The third kappa shape index (κ3) is 2.49. The van der Waals surface area contributed by atoms with Gasteiger partial charge in [-0.1, -0.05) is 0 Å². The summed E-state index contributed by atoms with van der Waals surface area (Å²) >= 11 is 0. The number of anilines is 1. The highest BCUT2D eigenvalue weighted by Gasteiger charge is 2.35. The van der Waals surface area contributed by atoms with Gasteiger partial charge in [0, 0.05) is 24.3 Å². The summed E-state index contributed by atoms with van der Waals surface area (Å²) in [5.41, 5.74) is -0.547. The maximum Gasteiger partial charge on any atom is 0.417 e. The normalized spacial score (nSPS) is 16.1. The summed E-state index contributed by atoms with van der Waals surface area (Å²) in [6.07, 6.45) is -2.50. The number of rotatable bonds is 2. The number of hydrogen-bond donors (Lipinski definition) is 0. The van der Waals surface area contributed by atoms with Gasteiger partial charge in [0.2, 0.25) is 0 Å². The number of nitrogens with zero attached hydrogens (tertiary/aromatic N) is 1. The Hall–Kier alpha value is -1.52. The molecular weight excluding hydrogens is 243 g/mol. The molecule has 1 aromatic carbocycles. The summed E-state index contributed by atoms with van der Waals surface area (Å²) in [7, 11) is 0. The van der Waals surface area contributed by atoms with Gasteiger partial charge in [0.25, 0.3) is 0 Å². The van der Waals surface area contributed by atoms with Gasteiger partial charge >= 0.3 is 6.18 Å². The molecule has 1 fully saturated rings. The van der Waals surface area contributed by atoms with Crippen LogP contribution in [0, 0.1) is 0 Å². The Morgan fingerprint density at radius 3 is 2.33 bits per heavy atom. The van der Waals surface area contributed by atoms with Crippen LogP contribution in [-0.4, -0.2) is 18.9 Å². The second-order valence-corrected chi connectivity index (χ2v) is 4.48. The van der Waals surface area contributed by atoms with Crippen molar-refractivity contribution in [3.63, 3.8) is 0 Å². The van der Waals surface area contributed by atoms with E-state index in [-0.39, 0.29) is 5.56 Å². The molecule has 0 saturated carbocycles. The summed E-state index contributed by atoms with van der Waals surface area (Å²) in [5, 5.41) is 0. The molecule has 0 amide bonds. The molecule has 1 aromatic rings. The van der Waals surface area contributed by atoms with Crippen molar-refractivity contribution < 1.29 is 18.0 Å². The summed E-state index contributed by atoms with van der Waals surface area (Å²) < 4.78 is 38.7. The van der Waals surface area contributed by atoms with E-state index in [1.54, 1.807) is 6.07 Å². The zero-order valence-corrected chi connectivity index (χ0v) is 10.0. The predicted molar refractivity (Wildman–Crippen MR) is 62.9 cm³/mol. The van der Waals surface area contributed by atoms with Crippen LogP contribution in [0.15, 0.2) is 18.2 Å². The number of Topliss-reactive ketones (excluding diaryl/α,β-unsaturated/α-hetero) is 1. The Morgan fingerprint density at radius 2 is 1.83 bits per heavy atom. The van der Waals surface area contributed by atoms with E-state index in [0.29, 0.717) is 5.69 Å². The van der Waals surface area contributed by atoms with Gasteiger partial charge in [-0.15, -0.1) is 0 Å². The third-order valence-electron chi connectivity index (χ3n) is 3.16. The minimum Gasteiger partial charge on any atom is -0.372 e. The molecule has 1 saturated heterocycles. The second-order valence-electron chi connectivity index (χ2n) is 4.48. The second kappa shape index (κ2) is 4.63. The van der Waals surface area contributed by atoms with E-state index in [0.717, 1.165) is 38.9 Å². The van der Waals surface area contributed by atoms with Crippen molar-refractivity contribution in [2.75, 3.05) is 18.0 Å². The molecule has 18 heavy (non-hydrogen) atoms. The number of alkyl halides is 3. The molecular formula is C13H14F3NO. The van der Waals surface area contributed by atoms with Gasteiger partial charge in [0.15, 0.2) is 5.78 Å². The minimum atomic E-state index is -4.49. The topological polar surface area (TPSA) is 20.3 Å². The summed E-state index contributed by atoms with van der Waals surface area (Å²) in [6.45, 7) is 2.70. The first-order valence-electron chi connectivity index (χ1n) is 5.87. The zero-order valence-electron chi connectivity index (χ0n) is 10.0. The van der Waals surface area contributed by atoms with Crippen LogP contribution in [0.25, 0.3) is 0 Å². The molecule has 2 rings (SSSR count). The molecule has 98 valence electrons.